The van der Waals surface area contributed by atoms with Crippen molar-refractivity contribution in [3.05, 3.63) is 58.6 Å². The Kier molecular flexibility index (Phi) is 5.65. The van der Waals surface area contributed by atoms with Gasteiger partial charge in [0.15, 0.2) is 5.69 Å². The quantitative estimate of drug-likeness (QED) is 0.808. The fourth-order valence-electron chi connectivity index (χ4n) is 1.85. The van der Waals surface area contributed by atoms with Crippen molar-refractivity contribution in [2.75, 3.05) is 5.32 Å². The molecule has 0 fully saturated rings. The lowest BCUT2D eigenvalue weighted by molar-refractivity contribution is -0.131. The Bertz CT molecular complexity index is 786. The maximum Gasteiger partial charge on any atom is 0.328 e. The summed E-state index contributed by atoms with van der Waals surface area (Å²) in [6.45, 7) is 3.85. The third-order valence-electron chi connectivity index (χ3n) is 3.08. The number of hydrogen-bond donors (Lipinski definition) is 2. The number of carbonyl (C=O) groups excluding carboxylic acids is 1. The molecule has 1 aromatic carbocycles. The summed E-state index contributed by atoms with van der Waals surface area (Å²) in [6, 6.07) is 6.71. The van der Waals surface area contributed by atoms with Gasteiger partial charge in [-0.05, 0) is 23.8 Å². The molecule has 0 aliphatic carbocycles. The zero-order valence-corrected chi connectivity index (χ0v) is 13.9. The molecule has 0 aliphatic heterocycles. The molecule has 7 heteroatoms. The van der Waals surface area contributed by atoms with Gasteiger partial charge in [0.1, 0.15) is 5.82 Å². The van der Waals surface area contributed by atoms with Crippen LogP contribution < -0.4 is 5.32 Å². The topological polar surface area (TPSA) is 92.2 Å². The van der Waals surface area contributed by atoms with Crippen molar-refractivity contribution in [1.29, 1.82) is 0 Å². The maximum absolute atomic E-state index is 12.3. The summed E-state index contributed by atoms with van der Waals surface area (Å²) in [7, 11) is 0. The molecular weight excluding hydrogens is 330 g/mol. The Balaban J connectivity index is 2.15. The second-order valence-corrected chi connectivity index (χ2v) is 5.73. The van der Waals surface area contributed by atoms with E-state index in [-0.39, 0.29) is 16.6 Å². The Hall–Kier alpha value is -2.73. The number of halogens is 1. The van der Waals surface area contributed by atoms with Gasteiger partial charge < -0.3 is 10.4 Å². The number of nitrogens with zero attached hydrogens (tertiary/aromatic N) is 2. The SMILES string of the molecule is CC(C)c1ncc(Cl)c(C(=O)Nc2ccc(/C=C/C(=O)O)cc2)n1. The molecule has 6 nitrogen and oxygen atoms in total. The average Bonchev–Trinajstić information content (AvgIpc) is 2.54. The minimum atomic E-state index is -1.02. The zero-order valence-electron chi connectivity index (χ0n) is 13.2. The van der Waals surface area contributed by atoms with E-state index in [1.807, 2.05) is 13.8 Å². The first-order chi connectivity index (χ1) is 11.4. The zero-order chi connectivity index (χ0) is 17.7. The van der Waals surface area contributed by atoms with Crippen molar-refractivity contribution >= 4 is 35.2 Å². The second kappa shape index (κ2) is 7.70. The van der Waals surface area contributed by atoms with Gasteiger partial charge in [-0.1, -0.05) is 37.6 Å². The van der Waals surface area contributed by atoms with Gasteiger partial charge in [-0.2, -0.15) is 0 Å². The van der Waals surface area contributed by atoms with E-state index in [4.69, 9.17) is 16.7 Å². The lowest BCUT2D eigenvalue weighted by Gasteiger charge is -2.09. The largest absolute Gasteiger partial charge is 0.478 e. The van der Waals surface area contributed by atoms with Crippen LogP contribution in [0, 0.1) is 0 Å². The number of aliphatic carboxylic acids is 1. The third kappa shape index (κ3) is 4.63. The molecule has 1 amide bonds. The molecule has 0 radical (unpaired) electrons. The summed E-state index contributed by atoms with van der Waals surface area (Å²) in [4.78, 5) is 31.1. The van der Waals surface area contributed by atoms with Crippen molar-refractivity contribution in [2.24, 2.45) is 0 Å². The Labute approximate surface area is 144 Å². The van der Waals surface area contributed by atoms with Crippen LogP contribution in [-0.2, 0) is 4.79 Å². The van der Waals surface area contributed by atoms with Gasteiger partial charge in [-0.25, -0.2) is 14.8 Å². The van der Waals surface area contributed by atoms with E-state index in [0.717, 1.165) is 6.08 Å². The van der Waals surface area contributed by atoms with Crippen molar-refractivity contribution in [1.82, 2.24) is 9.97 Å². The summed E-state index contributed by atoms with van der Waals surface area (Å²) in [6.07, 6.45) is 3.92. The number of hydrogen-bond acceptors (Lipinski definition) is 4. The maximum atomic E-state index is 12.3. The predicted molar refractivity (Wildman–Crippen MR) is 92.2 cm³/mol. The van der Waals surface area contributed by atoms with E-state index in [0.29, 0.717) is 17.1 Å². The highest BCUT2D eigenvalue weighted by molar-refractivity contribution is 6.33. The normalized spacial score (nSPS) is 11.0. The van der Waals surface area contributed by atoms with Crippen LogP contribution in [0.25, 0.3) is 6.08 Å². The van der Waals surface area contributed by atoms with Crippen LogP contribution in [0.2, 0.25) is 5.02 Å². The van der Waals surface area contributed by atoms with Crippen molar-refractivity contribution in [3.8, 4) is 0 Å². The molecule has 0 aliphatic rings. The lowest BCUT2D eigenvalue weighted by atomic mass is 10.2. The van der Waals surface area contributed by atoms with Crippen LogP contribution in [0.4, 0.5) is 5.69 Å². The number of carboxylic acid groups (broad SMARTS) is 1. The highest BCUT2D eigenvalue weighted by Crippen LogP contribution is 2.18. The van der Waals surface area contributed by atoms with Crippen LogP contribution in [0.1, 0.15) is 41.6 Å². The molecule has 0 unspecified atom stereocenters. The standard InChI is InChI=1S/C17H16ClN3O3/c1-10(2)16-19-9-13(18)15(21-16)17(24)20-12-6-3-11(4-7-12)5-8-14(22)23/h3-10H,1-2H3,(H,20,24)(H,22,23)/b8-5+. The summed E-state index contributed by atoms with van der Waals surface area (Å²) >= 11 is 6.01. The van der Waals surface area contributed by atoms with Gasteiger partial charge in [0.25, 0.3) is 5.91 Å². The smallest absolute Gasteiger partial charge is 0.328 e. The molecule has 0 spiro atoms. The van der Waals surface area contributed by atoms with E-state index < -0.39 is 11.9 Å². The van der Waals surface area contributed by atoms with E-state index in [1.165, 1.54) is 12.3 Å². The molecule has 2 aromatic rings. The first-order valence-electron chi connectivity index (χ1n) is 7.21. The van der Waals surface area contributed by atoms with Gasteiger partial charge in [-0.3, -0.25) is 4.79 Å². The minimum Gasteiger partial charge on any atom is -0.478 e. The molecule has 24 heavy (non-hydrogen) atoms. The molecule has 124 valence electrons. The first kappa shape index (κ1) is 17.6. The Morgan fingerprint density at radius 1 is 1.25 bits per heavy atom. The number of carboxylic acids is 1. The molecule has 0 saturated carbocycles. The number of amides is 1. The van der Waals surface area contributed by atoms with Crippen LogP contribution in [-0.4, -0.2) is 27.0 Å². The Morgan fingerprint density at radius 3 is 2.50 bits per heavy atom. The molecule has 2 N–H and O–H groups in total. The Morgan fingerprint density at radius 2 is 1.92 bits per heavy atom. The second-order valence-electron chi connectivity index (χ2n) is 5.33. The number of benzene rings is 1. The summed E-state index contributed by atoms with van der Waals surface area (Å²) in [5, 5.41) is 11.5. The lowest BCUT2D eigenvalue weighted by Crippen LogP contribution is -2.16. The van der Waals surface area contributed by atoms with Crippen molar-refractivity contribution < 1.29 is 14.7 Å². The van der Waals surface area contributed by atoms with Crippen molar-refractivity contribution in [3.63, 3.8) is 0 Å². The average molecular weight is 346 g/mol. The van der Waals surface area contributed by atoms with Gasteiger partial charge in [-0.15, -0.1) is 0 Å². The van der Waals surface area contributed by atoms with Gasteiger partial charge in [0.2, 0.25) is 0 Å². The van der Waals surface area contributed by atoms with E-state index in [2.05, 4.69) is 15.3 Å². The van der Waals surface area contributed by atoms with Crippen molar-refractivity contribution in [2.45, 2.75) is 19.8 Å². The van der Waals surface area contributed by atoms with E-state index in [1.54, 1.807) is 24.3 Å². The number of nitrogens with one attached hydrogen (secondary N) is 1. The molecule has 2 rings (SSSR count). The highest BCUT2D eigenvalue weighted by Gasteiger charge is 2.15. The van der Waals surface area contributed by atoms with Crippen LogP contribution in [0.15, 0.2) is 36.5 Å². The molecular formula is C17H16ClN3O3. The molecule has 1 heterocycles. The van der Waals surface area contributed by atoms with Crippen LogP contribution in [0.5, 0.6) is 0 Å². The van der Waals surface area contributed by atoms with E-state index >= 15 is 0 Å². The minimum absolute atomic E-state index is 0.0779. The van der Waals surface area contributed by atoms with Gasteiger partial charge >= 0.3 is 5.97 Å². The number of aromatic nitrogens is 2. The summed E-state index contributed by atoms with van der Waals surface area (Å²) in [5.41, 5.74) is 1.37. The number of anilines is 1. The summed E-state index contributed by atoms with van der Waals surface area (Å²) in [5.74, 6) is -0.835. The van der Waals surface area contributed by atoms with Crippen LogP contribution >= 0.6 is 11.6 Å². The number of carbonyl (C=O) groups is 2. The molecule has 0 atom stereocenters. The fraction of sp³-hybridized carbons (Fsp3) is 0.176. The van der Waals surface area contributed by atoms with Gasteiger partial charge in [0, 0.05) is 17.7 Å². The monoisotopic (exact) mass is 345 g/mol. The highest BCUT2D eigenvalue weighted by atomic mass is 35.5. The third-order valence-corrected chi connectivity index (χ3v) is 3.36. The van der Waals surface area contributed by atoms with E-state index in [9.17, 15) is 9.59 Å². The molecule has 0 saturated heterocycles. The fourth-order valence-corrected chi connectivity index (χ4v) is 2.03. The predicted octanol–water partition coefficient (Wildman–Crippen LogP) is 3.60. The molecule has 1 aromatic heterocycles. The number of rotatable bonds is 5. The molecule has 0 bridgehead atoms. The van der Waals surface area contributed by atoms with Gasteiger partial charge in [0.05, 0.1) is 11.2 Å². The first-order valence-corrected chi connectivity index (χ1v) is 7.59. The summed E-state index contributed by atoms with van der Waals surface area (Å²) < 4.78 is 0. The van der Waals surface area contributed by atoms with Crippen LogP contribution in [0.3, 0.4) is 0 Å².